The van der Waals surface area contributed by atoms with Crippen molar-refractivity contribution < 1.29 is 27.3 Å². The number of anilines is 1. The highest BCUT2D eigenvalue weighted by atomic mass is 19.4. The number of halogens is 3. The van der Waals surface area contributed by atoms with Gasteiger partial charge in [-0.2, -0.15) is 4.57 Å². The van der Waals surface area contributed by atoms with Crippen molar-refractivity contribution >= 4 is 11.5 Å². The average Bonchev–Trinajstić information content (AvgIpc) is 2.68. The number of hydrogen-bond acceptors (Lipinski definition) is 3. The van der Waals surface area contributed by atoms with Crippen LogP contribution in [-0.2, 0) is 13.1 Å². The highest BCUT2D eigenvalue weighted by Crippen LogP contribution is 2.22. The van der Waals surface area contributed by atoms with Crippen LogP contribution in [0, 0.1) is 6.92 Å². The largest absolute Gasteiger partial charge is 0.573 e. The minimum Gasteiger partial charge on any atom is -0.406 e. The number of pyridine rings is 1. The molecule has 2 aromatic carbocycles. The molecule has 0 fully saturated rings. The van der Waals surface area contributed by atoms with Gasteiger partial charge in [-0.25, -0.2) is 0 Å². The van der Waals surface area contributed by atoms with Gasteiger partial charge >= 0.3 is 6.36 Å². The first kappa shape index (κ1) is 20.4. The van der Waals surface area contributed by atoms with Crippen molar-refractivity contribution in [3.8, 4) is 5.75 Å². The molecule has 0 aliphatic heterocycles. The standard InChI is InChI=1S/C22H19F3N2O2/c1-16-13-19(26-14-17-5-3-2-4-6-17)11-12-27(16)15-21(28)18-7-9-20(10-8-18)29-22(23,24)25/h2-13H,14-15H2,1H3/p+1. The number of nitrogens with one attached hydrogen (secondary N) is 1. The maximum absolute atomic E-state index is 12.5. The molecule has 0 radical (unpaired) electrons. The lowest BCUT2D eigenvalue weighted by Gasteiger charge is -2.09. The van der Waals surface area contributed by atoms with E-state index in [1.807, 2.05) is 55.6 Å². The summed E-state index contributed by atoms with van der Waals surface area (Å²) in [5.41, 5.74) is 3.30. The summed E-state index contributed by atoms with van der Waals surface area (Å²) in [6.45, 7) is 2.67. The third-order valence-electron chi connectivity index (χ3n) is 4.31. The number of carbonyl (C=O) groups is 1. The second-order valence-corrected chi connectivity index (χ2v) is 6.52. The number of Topliss-reactive ketones (excluding diaryl/α,β-unsaturated/α-hetero) is 1. The summed E-state index contributed by atoms with van der Waals surface area (Å²) < 4.78 is 42.3. The fourth-order valence-corrected chi connectivity index (χ4v) is 2.82. The van der Waals surface area contributed by atoms with Gasteiger partial charge in [0.15, 0.2) is 11.9 Å². The van der Waals surface area contributed by atoms with E-state index in [9.17, 15) is 18.0 Å². The number of benzene rings is 2. The van der Waals surface area contributed by atoms with E-state index in [1.54, 1.807) is 4.57 Å². The Morgan fingerprint density at radius 2 is 1.72 bits per heavy atom. The Kier molecular flexibility index (Phi) is 6.16. The molecule has 29 heavy (non-hydrogen) atoms. The van der Waals surface area contributed by atoms with Crippen molar-refractivity contribution in [2.75, 3.05) is 5.32 Å². The lowest BCUT2D eigenvalue weighted by atomic mass is 10.1. The molecule has 4 nitrogen and oxygen atoms in total. The number of alkyl halides is 3. The molecule has 0 aliphatic carbocycles. The number of nitrogens with zero attached hydrogens (tertiary/aromatic N) is 1. The molecule has 3 rings (SSSR count). The minimum atomic E-state index is -4.76. The van der Waals surface area contributed by atoms with Crippen LogP contribution in [0.15, 0.2) is 72.9 Å². The molecule has 7 heteroatoms. The van der Waals surface area contributed by atoms with E-state index in [0.29, 0.717) is 12.1 Å². The summed E-state index contributed by atoms with van der Waals surface area (Å²) in [6.07, 6.45) is -2.95. The molecular formula is C22H20F3N2O2+. The SMILES string of the molecule is Cc1cc(NCc2ccccc2)cc[n+]1CC(=O)c1ccc(OC(F)(F)F)cc1. The number of aromatic nitrogens is 1. The van der Waals surface area contributed by atoms with Crippen LogP contribution < -0.4 is 14.6 Å². The molecule has 1 aromatic heterocycles. The van der Waals surface area contributed by atoms with Crippen LogP contribution >= 0.6 is 0 Å². The van der Waals surface area contributed by atoms with Gasteiger partial charge in [0, 0.05) is 36.9 Å². The van der Waals surface area contributed by atoms with Crippen LogP contribution in [0.1, 0.15) is 21.6 Å². The zero-order valence-corrected chi connectivity index (χ0v) is 15.7. The maximum Gasteiger partial charge on any atom is 0.573 e. The Bertz CT molecular complexity index is 972. The normalized spacial score (nSPS) is 11.2. The molecule has 0 bridgehead atoms. The predicted molar refractivity (Wildman–Crippen MR) is 103 cm³/mol. The van der Waals surface area contributed by atoms with Gasteiger partial charge in [-0.15, -0.1) is 13.2 Å². The predicted octanol–water partition coefficient (Wildman–Crippen LogP) is 4.68. The van der Waals surface area contributed by atoms with E-state index >= 15 is 0 Å². The van der Waals surface area contributed by atoms with Gasteiger partial charge in [-0.1, -0.05) is 30.3 Å². The summed E-state index contributed by atoms with van der Waals surface area (Å²) in [4.78, 5) is 12.5. The van der Waals surface area contributed by atoms with Crippen molar-refractivity contribution in [1.29, 1.82) is 0 Å². The first-order valence-corrected chi connectivity index (χ1v) is 8.97. The molecule has 0 unspecified atom stereocenters. The molecule has 3 aromatic rings. The molecule has 1 N–H and O–H groups in total. The number of aryl methyl sites for hydroxylation is 1. The smallest absolute Gasteiger partial charge is 0.406 e. The van der Waals surface area contributed by atoms with Gasteiger partial charge in [0.05, 0.1) is 0 Å². The van der Waals surface area contributed by atoms with Gasteiger partial charge < -0.3 is 10.1 Å². The van der Waals surface area contributed by atoms with Crippen molar-refractivity contribution in [2.24, 2.45) is 0 Å². The molecule has 0 amide bonds. The zero-order chi connectivity index (χ0) is 20.9. The number of carbonyl (C=O) groups excluding carboxylic acids is 1. The molecule has 0 spiro atoms. The van der Waals surface area contributed by atoms with Crippen LogP contribution in [0.25, 0.3) is 0 Å². The monoisotopic (exact) mass is 401 g/mol. The van der Waals surface area contributed by atoms with E-state index in [-0.39, 0.29) is 18.1 Å². The second-order valence-electron chi connectivity index (χ2n) is 6.52. The van der Waals surface area contributed by atoms with Gasteiger partial charge in [0.2, 0.25) is 12.3 Å². The summed E-state index contributed by atoms with van der Waals surface area (Å²) in [7, 11) is 0. The lowest BCUT2D eigenvalue weighted by Crippen LogP contribution is -2.40. The van der Waals surface area contributed by atoms with Gasteiger partial charge in [0.25, 0.3) is 0 Å². The molecule has 150 valence electrons. The van der Waals surface area contributed by atoms with E-state index in [0.717, 1.165) is 29.1 Å². The Labute approximate surface area is 166 Å². The number of ketones is 1. The van der Waals surface area contributed by atoms with E-state index < -0.39 is 6.36 Å². The Morgan fingerprint density at radius 1 is 1.03 bits per heavy atom. The average molecular weight is 401 g/mol. The van der Waals surface area contributed by atoms with E-state index in [2.05, 4.69) is 10.1 Å². The third-order valence-corrected chi connectivity index (χ3v) is 4.31. The third kappa shape index (κ3) is 6.07. The second kappa shape index (κ2) is 8.77. The van der Waals surface area contributed by atoms with Crippen LogP contribution in [0.3, 0.4) is 0 Å². The van der Waals surface area contributed by atoms with E-state index in [4.69, 9.17) is 0 Å². The summed E-state index contributed by atoms with van der Waals surface area (Å²) >= 11 is 0. The van der Waals surface area contributed by atoms with Crippen LogP contribution in [-0.4, -0.2) is 12.1 Å². The molecule has 0 saturated heterocycles. The quantitative estimate of drug-likeness (QED) is 0.462. The molecule has 0 atom stereocenters. The topological polar surface area (TPSA) is 42.2 Å². The lowest BCUT2D eigenvalue weighted by molar-refractivity contribution is -0.689. The molecular weight excluding hydrogens is 381 g/mol. The van der Waals surface area contributed by atoms with Gasteiger partial charge in [0.1, 0.15) is 5.75 Å². The fraction of sp³-hybridized carbons (Fsp3) is 0.182. The number of ether oxygens (including phenoxy) is 1. The van der Waals surface area contributed by atoms with Crippen LogP contribution in [0.5, 0.6) is 5.75 Å². The van der Waals surface area contributed by atoms with Crippen molar-refractivity contribution in [1.82, 2.24) is 0 Å². The first-order chi connectivity index (χ1) is 13.8. The Balaban J connectivity index is 1.61. The highest BCUT2D eigenvalue weighted by Gasteiger charge is 2.31. The maximum atomic E-state index is 12.5. The first-order valence-electron chi connectivity index (χ1n) is 8.97. The molecule has 0 aliphatic rings. The molecule has 1 heterocycles. The number of rotatable bonds is 7. The summed E-state index contributed by atoms with van der Waals surface area (Å²) in [5, 5.41) is 3.33. The zero-order valence-electron chi connectivity index (χ0n) is 15.7. The van der Waals surface area contributed by atoms with Gasteiger partial charge in [-0.3, -0.25) is 4.79 Å². The summed E-state index contributed by atoms with van der Waals surface area (Å²) in [6, 6.07) is 18.7. The summed E-state index contributed by atoms with van der Waals surface area (Å²) in [5.74, 6) is -0.562. The number of hydrogen-bond donors (Lipinski definition) is 1. The van der Waals surface area contributed by atoms with Crippen molar-refractivity contribution in [2.45, 2.75) is 26.4 Å². The van der Waals surface area contributed by atoms with Crippen molar-refractivity contribution in [3.05, 3.63) is 89.7 Å². The minimum absolute atomic E-state index is 0.0876. The molecule has 0 saturated carbocycles. The van der Waals surface area contributed by atoms with Crippen LogP contribution in [0.2, 0.25) is 0 Å². The fourth-order valence-electron chi connectivity index (χ4n) is 2.82. The van der Waals surface area contributed by atoms with Crippen LogP contribution in [0.4, 0.5) is 18.9 Å². The van der Waals surface area contributed by atoms with Crippen molar-refractivity contribution in [3.63, 3.8) is 0 Å². The Hall–Kier alpha value is -3.35. The highest BCUT2D eigenvalue weighted by molar-refractivity contribution is 5.95. The Morgan fingerprint density at radius 3 is 2.34 bits per heavy atom. The van der Waals surface area contributed by atoms with Gasteiger partial charge in [-0.05, 0) is 29.8 Å². The van der Waals surface area contributed by atoms with E-state index in [1.165, 1.54) is 12.1 Å².